The summed E-state index contributed by atoms with van der Waals surface area (Å²) in [6, 6.07) is 0. The predicted octanol–water partition coefficient (Wildman–Crippen LogP) is 4.44. The van der Waals surface area contributed by atoms with Crippen molar-refractivity contribution in [3.63, 3.8) is 0 Å². The quantitative estimate of drug-likeness (QED) is 0.732. The SMILES string of the molecule is CC1CCc2c(sc3ncnc(N4CCC(C(=O)N5CCCCCC5)CC4)c23)C1. The average Bonchev–Trinajstić information content (AvgIpc) is 2.91. The number of anilines is 1. The second-order valence-electron chi connectivity index (χ2n) is 9.23. The predicted molar refractivity (Wildman–Crippen MR) is 119 cm³/mol. The van der Waals surface area contributed by atoms with Crippen LogP contribution in [0.15, 0.2) is 6.33 Å². The molecule has 5 nitrogen and oxygen atoms in total. The first-order chi connectivity index (χ1) is 14.2. The number of nitrogens with zero attached hydrogens (tertiary/aromatic N) is 4. The van der Waals surface area contributed by atoms with E-state index in [0.717, 1.165) is 62.0 Å². The van der Waals surface area contributed by atoms with Crippen LogP contribution >= 0.6 is 11.3 Å². The molecule has 2 fully saturated rings. The van der Waals surface area contributed by atoms with Crippen molar-refractivity contribution in [2.45, 2.75) is 64.7 Å². The van der Waals surface area contributed by atoms with Crippen molar-refractivity contribution in [1.82, 2.24) is 14.9 Å². The highest BCUT2D eigenvalue weighted by molar-refractivity contribution is 7.19. The van der Waals surface area contributed by atoms with E-state index in [1.54, 1.807) is 6.33 Å². The molecule has 2 aromatic heterocycles. The van der Waals surface area contributed by atoms with Crippen molar-refractivity contribution in [3.05, 3.63) is 16.8 Å². The molecule has 1 amide bonds. The Morgan fingerprint density at radius 2 is 1.79 bits per heavy atom. The van der Waals surface area contributed by atoms with Crippen LogP contribution in [0, 0.1) is 11.8 Å². The minimum Gasteiger partial charge on any atom is -0.356 e. The number of carbonyl (C=O) groups is 1. The van der Waals surface area contributed by atoms with Gasteiger partial charge in [0.25, 0.3) is 0 Å². The van der Waals surface area contributed by atoms with E-state index in [1.165, 1.54) is 54.4 Å². The Morgan fingerprint density at radius 1 is 1.03 bits per heavy atom. The van der Waals surface area contributed by atoms with Gasteiger partial charge < -0.3 is 9.80 Å². The molecule has 2 saturated heterocycles. The van der Waals surface area contributed by atoms with E-state index in [0.29, 0.717) is 5.91 Å². The number of likely N-dealkylation sites (tertiary alicyclic amines) is 1. The maximum atomic E-state index is 13.0. The van der Waals surface area contributed by atoms with Crippen LogP contribution in [0.25, 0.3) is 10.2 Å². The van der Waals surface area contributed by atoms with Gasteiger partial charge in [-0.2, -0.15) is 0 Å². The first kappa shape index (κ1) is 19.3. The van der Waals surface area contributed by atoms with Crippen molar-refractivity contribution < 1.29 is 4.79 Å². The molecule has 0 aromatic carbocycles. The van der Waals surface area contributed by atoms with Crippen LogP contribution in [-0.2, 0) is 17.6 Å². The number of hydrogen-bond acceptors (Lipinski definition) is 5. The number of aryl methyl sites for hydroxylation is 1. The first-order valence-corrected chi connectivity index (χ1v) is 12.3. The minimum atomic E-state index is 0.193. The molecule has 156 valence electrons. The summed E-state index contributed by atoms with van der Waals surface area (Å²) >= 11 is 1.87. The van der Waals surface area contributed by atoms with Crippen LogP contribution in [0.3, 0.4) is 0 Å². The molecule has 1 atom stereocenters. The molecule has 3 aliphatic rings. The van der Waals surface area contributed by atoms with Crippen LogP contribution < -0.4 is 4.90 Å². The smallest absolute Gasteiger partial charge is 0.225 e. The zero-order valence-electron chi connectivity index (χ0n) is 17.5. The summed E-state index contributed by atoms with van der Waals surface area (Å²) in [4.78, 5) is 29.6. The van der Waals surface area contributed by atoms with Crippen LogP contribution in [-0.4, -0.2) is 47.0 Å². The molecule has 29 heavy (non-hydrogen) atoms. The van der Waals surface area contributed by atoms with Crippen molar-refractivity contribution >= 4 is 33.3 Å². The molecule has 1 aliphatic carbocycles. The lowest BCUT2D eigenvalue weighted by atomic mass is 9.89. The molecule has 2 aliphatic heterocycles. The lowest BCUT2D eigenvalue weighted by Crippen LogP contribution is -2.43. The molecule has 0 radical (unpaired) electrons. The van der Waals surface area contributed by atoms with Gasteiger partial charge in [-0.3, -0.25) is 4.79 Å². The fraction of sp³-hybridized carbons (Fsp3) is 0.696. The fourth-order valence-corrected chi connectivity index (χ4v) is 6.73. The molecule has 0 saturated carbocycles. The highest BCUT2D eigenvalue weighted by Crippen LogP contribution is 2.41. The van der Waals surface area contributed by atoms with Gasteiger partial charge in [0.2, 0.25) is 5.91 Å². The summed E-state index contributed by atoms with van der Waals surface area (Å²) < 4.78 is 0. The molecular formula is C23H32N4OS. The number of amides is 1. The number of carbonyl (C=O) groups excluding carboxylic acids is 1. The number of fused-ring (bicyclic) bond motifs is 3. The zero-order valence-corrected chi connectivity index (χ0v) is 18.3. The Balaban J connectivity index is 1.32. The largest absolute Gasteiger partial charge is 0.356 e. The van der Waals surface area contributed by atoms with Crippen molar-refractivity contribution in [1.29, 1.82) is 0 Å². The lowest BCUT2D eigenvalue weighted by molar-refractivity contribution is -0.136. The van der Waals surface area contributed by atoms with E-state index in [4.69, 9.17) is 4.98 Å². The van der Waals surface area contributed by atoms with E-state index in [2.05, 4.69) is 21.7 Å². The van der Waals surface area contributed by atoms with Crippen LogP contribution in [0.5, 0.6) is 0 Å². The summed E-state index contributed by atoms with van der Waals surface area (Å²) in [5.74, 6) is 2.48. The molecule has 0 bridgehead atoms. The Bertz CT molecular complexity index is 878. The second-order valence-corrected chi connectivity index (χ2v) is 10.3. The number of rotatable bonds is 2. The monoisotopic (exact) mass is 412 g/mol. The van der Waals surface area contributed by atoms with Gasteiger partial charge in [0.1, 0.15) is 17.0 Å². The maximum absolute atomic E-state index is 13.0. The van der Waals surface area contributed by atoms with Crippen LogP contribution in [0.4, 0.5) is 5.82 Å². The van der Waals surface area contributed by atoms with E-state index in [9.17, 15) is 4.79 Å². The van der Waals surface area contributed by atoms with Gasteiger partial charge in [0, 0.05) is 37.0 Å². The van der Waals surface area contributed by atoms with Crippen molar-refractivity contribution in [2.75, 3.05) is 31.1 Å². The summed E-state index contributed by atoms with van der Waals surface area (Å²) in [6.07, 6.45) is 12.1. The third-order valence-electron chi connectivity index (χ3n) is 7.13. The van der Waals surface area contributed by atoms with E-state index >= 15 is 0 Å². The van der Waals surface area contributed by atoms with Gasteiger partial charge >= 0.3 is 0 Å². The van der Waals surface area contributed by atoms with E-state index in [1.807, 2.05) is 11.3 Å². The van der Waals surface area contributed by atoms with E-state index < -0.39 is 0 Å². The molecule has 6 heteroatoms. The summed E-state index contributed by atoms with van der Waals surface area (Å²) in [5, 5.41) is 1.30. The van der Waals surface area contributed by atoms with Crippen LogP contribution in [0.2, 0.25) is 0 Å². The normalized spacial score (nSPS) is 23.8. The summed E-state index contributed by atoms with van der Waals surface area (Å²) in [7, 11) is 0. The second kappa shape index (κ2) is 8.21. The highest BCUT2D eigenvalue weighted by atomic mass is 32.1. The molecule has 0 spiro atoms. The molecule has 4 heterocycles. The minimum absolute atomic E-state index is 0.193. The van der Waals surface area contributed by atoms with E-state index in [-0.39, 0.29) is 5.92 Å². The topological polar surface area (TPSA) is 49.3 Å². The molecular weight excluding hydrogens is 380 g/mol. The summed E-state index contributed by atoms with van der Waals surface area (Å²) in [5.41, 5.74) is 1.50. The van der Waals surface area contributed by atoms with Gasteiger partial charge in [-0.15, -0.1) is 11.3 Å². The number of piperidine rings is 1. The zero-order chi connectivity index (χ0) is 19.8. The maximum Gasteiger partial charge on any atom is 0.225 e. The number of thiophene rings is 1. The molecule has 0 N–H and O–H groups in total. The average molecular weight is 413 g/mol. The van der Waals surface area contributed by atoms with Crippen LogP contribution in [0.1, 0.15) is 62.3 Å². The number of aromatic nitrogens is 2. The highest BCUT2D eigenvalue weighted by Gasteiger charge is 2.31. The Kier molecular flexibility index (Phi) is 5.46. The third-order valence-corrected chi connectivity index (χ3v) is 8.30. The standard InChI is InChI=1S/C23H32N4OS/c1-16-6-7-18-19(14-16)29-22-20(18)21(24-15-25-22)26-12-8-17(9-13-26)23(28)27-10-4-2-3-5-11-27/h15-17H,2-14H2,1H3. The lowest BCUT2D eigenvalue weighted by Gasteiger charge is -2.35. The van der Waals surface area contributed by atoms with Crippen molar-refractivity contribution in [2.24, 2.45) is 11.8 Å². The Morgan fingerprint density at radius 3 is 2.55 bits per heavy atom. The fourth-order valence-electron chi connectivity index (χ4n) is 5.39. The summed E-state index contributed by atoms with van der Waals surface area (Å²) in [6.45, 7) is 6.14. The van der Waals surface area contributed by atoms with Gasteiger partial charge in [-0.25, -0.2) is 9.97 Å². The Hall–Kier alpha value is -1.69. The van der Waals surface area contributed by atoms with Gasteiger partial charge in [0.15, 0.2) is 0 Å². The third kappa shape index (κ3) is 3.76. The van der Waals surface area contributed by atoms with Gasteiger partial charge in [-0.05, 0) is 56.4 Å². The van der Waals surface area contributed by atoms with Gasteiger partial charge in [0.05, 0.1) is 5.39 Å². The number of hydrogen-bond donors (Lipinski definition) is 0. The molecule has 2 aromatic rings. The molecule has 1 unspecified atom stereocenters. The van der Waals surface area contributed by atoms with Crippen molar-refractivity contribution in [3.8, 4) is 0 Å². The molecule has 5 rings (SSSR count). The Labute approximate surface area is 177 Å². The first-order valence-electron chi connectivity index (χ1n) is 11.5. The van der Waals surface area contributed by atoms with Gasteiger partial charge in [-0.1, -0.05) is 19.8 Å².